The van der Waals surface area contributed by atoms with E-state index in [1.54, 1.807) is 25.7 Å². The van der Waals surface area contributed by atoms with Gasteiger partial charge < -0.3 is 20.3 Å². The molecule has 3 atom stereocenters. The Hall–Kier alpha value is -2.57. The molecule has 0 bridgehead atoms. The molecule has 7 nitrogen and oxygen atoms in total. The van der Waals surface area contributed by atoms with E-state index >= 15 is 0 Å². The zero-order valence-electron chi connectivity index (χ0n) is 24.4. The van der Waals surface area contributed by atoms with Gasteiger partial charge in [0, 0.05) is 12.1 Å². The molecule has 204 valence electrons. The van der Waals surface area contributed by atoms with Crippen molar-refractivity contribution in [1.82, 2.24) is 15.5 Å². The lowest BCUT2D eigenvalue weighted by Gasteiger charge is -2.44. The van der Waals surface area contributed by atoms with Crippen LogP contribution in [0.3, 0.4) is 0 Å². The summed E-state index contributed by atoms with van der Waals surface area (Å²) in [6.45, 7) is 21.5. The summed E-state index contributed by atoms with van der Waals surface area (Å²) >= 11 is 0. The van der Waals surface area contributed by atoms with Crippen molar-refractivity contribution in [2.75, 3.05) is 6.54 Å². The van der Waals surface area contributed by atoms with Crippen molar-refractivity contribution in [2.24, 2.45) is 5.92 Å². The van der Waals surface area contributed by atoms with E-state index < -0.39 is 29.3 Å². The molecule has 1 aromatic carbocycles. The maximum atomic E-state index is 14.3. The van der Waals surface area contributed by atoms with Crippen molar-refractivity contribution in [3.05, 3.63) is 34.9 Å². The van der Waals surface area contributed by atoms with Gasteiger partial charge >= 0.3 is 6.09 Å². The van der Waals surface area contributed by atoms with E-state index in [0.29, 0.717) is 13.0 Å². The molecule has 0 saturated heterocycles. The first-order chi connectivity index (χ1) is 16.5. The summed E-state index contributed by atoms with van der Waals surface area (Å²) in [4.78, 5) is 42.4. The van der Waals surface area contributed by atoms with E-state index in [0.717, 1.165) is 29.5 Å². The summed E-state index contributed by atoms with van der Waals surface area (Å²) in [5, 5.41) is 5.86. The molecule has 2 N–H and O–H groups in total. The smallest absolute Gasteiger partial charge is 0.408 e. The molecule has 0 spiro atoms. The van der Waals surface area contributed by atoms with Crippen LogP contribution in [0.15, 0.2) is 18.2 Å². The van der Waals surface area contributed by atoms with E-state index in [2.05, 4.69) is 17.6 Å². The minimum absolute atomic E-state index is 0.169. The van der Waals surface area contributed by atoms with Gasteiger partial charge in [0.25, 0.3) is 0 Å². The molecular formula is C29H49N3O4. The summed E-state index contributed by atoms with van der Waals surface area (Å²) in [6.07, 6.45) is 1.82. The third-order valence-electron chi connectivity index (χ3n) is 6.18. The van der Waals surface area contributed by atoms with Gasteiger partial charge in [-0.25, -0.2) is 4.79 Å². The fraction of sp³-hybridized carbons (Fsp3) is 0.690. The molecule has 0 aliphatic heterocycles. The second-order valence-electron chi connectivity index (χ2n) is 11.8. The molecule has 1 rings (SSSR count). The summed E-state index contributed by atoms with van der Waals surface area (Å²) in [5.74, 6) is -0.697. The second-order valence-corrected chi connectivity index (χ2v) is 11.8. The quantitative estimate of drug-likeness (QED) is 0.393. The lowest BCUT2D eigenvalue weighted by Crippen LogP contribution is -2.60. The topological polar surface area (TPSA) is 87.7 Å². The fourth-order valence-corrected chi connectivity index (χ4v) is 4.05. The number of alkyl carbamates (subject to hydrolysis) is 1. The Labute approximate surface area is 218 Å². The van der Waals surface area contributed by atoms with Gasteiger partial charge in [-0.1, -0.05) is 57.4 Å². The van der Waals surface area contributed by atoms with Crippen LogP contribution in [0.1, 0.15) is 104 Å². The average Bonchev–Trinajstić information content (AvgIpc) is 2.74. The zero-order valence-corrected chi connectivity index (χ0v) is 24.4. The van der Waals surface area contributed by atoms with Crippen molar-refractivity contribution in [3.8, 4) is 0 Å². The van der Waals surface area contributed by atoms with Gasteiger partial charge in [-0.05, 0) is 78.9 Å². The normalized spacial score (nSPS) is 14.4. The first kappa shape index (κ1) is 31.5. The highest BCUT2D eigenvalue weighted by Crippen LogP contribution is 2.33. The number of amides is 3. The highest BCUT2D eigenvalue weighted by molar-refractivity contribution is 5.93. The predicted molar refractivity (Wildman–Crippen MR) is 146 cm³/mol. The van der Waals surface area contributed by atoms with Crippen LogP contribution in [-0.4, -0.2) is 46.5 Å². The monoisotopic (exact) mass is 503 g/mol. The Kier molecular flexibility index (Phi) is 11.5. The molecule has 0 saturated carbocycles. The van der Waals surface area contributed by atoms with E-state index in [4.69, 9.17) is 4.74 Å². The molecule has 3 amide bonds. The molecule has 0 radical (unpaired) electrons. The number of hydrogen-bond donors (Lipinski definition) is 2. The number of ether oxygens (including phenoxy) is 1. The van der Waals surface area contributed by atoms with Crippen LogP contribution < -0.4 is 10.6 Å². The number of unbranched alkanes of at least 4 members (excludes halogenated alkanes) is 1. The van der Waals surface area contributed by atoms with Crippen molar-refractivity contribution in [2.45, 2.75) is 119 Å². The SMILES string of the molecule is CCCCNC(=O)C(c1cc(C)ccc1C)N(C(=O)C(NC(=O)OC(C)(C)C)C(C)CC)C(C)(C)C. The second kappa shape index (κ2) is 13.1. The number of nitrogens with zero attached hydrogens (tertiary/aromatic N) is 1. The Morgan fingerprint density at radius 3 is 2.14 bits per heavy atom. The van der Waals surface area contributed by atoms with Crippen LogP contribution in [0.4, 0.5) is 4.79 Å². The van der Waals surface area contributed by atoms with Crippen LogP contribution in [-0.2, 0) is 14.3 Å². The van der Waals surface area contributed by atoms with Gasteiger partial charge in [0.05, 0.1) is 0 Å². The van der Waals surface area contributed by atoms with Crippen molar-refractivity contribution in [1.29, 1.82) is 0 Å². The average molecular weight is 504 g/mol. The number of benzene rings is 1. The first-order valence-corrected chi connectivity index (χ1v) is 13.2. The number of rotatable bonds is 10. The van der Waals surface area contributed by atoms with Crippen LogP contribution in [0.2, 0.25) is 0 Å². The molecule has 0 aromatic heterocycles. The number of aryl methyl sites for hydroxylation is 2. The summed E-state index contributed by atoms with van der Waals surface area (Å²) in [6, 6.07) is 4.26. The third kappa shape index (κ3) is 9.14. The summed E-state index contributed by atoms with van der Waals surface area (Å²) < 4.78 is 5.47. The lowest BCUT2D eigenvalue weighted by atomic mass is 9.89. The van der Waals surface area contributed by atoms with Gasteiger partial charge in [0.15, 0.2) is 0 Å². The Morgan fingerprint density at radius 1 is 1.03 bits per heavy atom. The van der Waals surface area contributed by atoms with E-state index in [1.165, 1.54) is 0 Å². The van der Waals surface area contributed by atoms with Crippen molar-refractivity contribution >= 4 is 17.9 Å². The van der Waals surface area contributed by atoms with Crippen LogP contribution in [0, 0.1) is 19.8 Å². The Morgan fingerprint density at radius 2 is 1.64 bits per heavy atom. The summed E-state index contributed by atoms with van der Waals surface area (Å²) in [7, 11) is 0. The number of carbonyl (C=O) groups is 3. The van der Waals surface area contributed by atoms with Crippen molar-refractivity contribution < 1.29 is 19.1 Å². The Balaban J connectivity index is 3.63. The lowest BCUT2D eigenvalue weighted by molar-refractivity contribution is -0.149. The molecule has 3 unspecified atom stereocenters. The molecule has 36 heavy (non-hydrogen) atoms. The van der Waals surface area contributed by atoms with Gasteiger partial charge in [0.1, 0.15) is 17.7 Å². The van der Waals surface area contributed by atoms with E-state index in [9.17, 15) is 14.4 Å². The van der Waals surface area contributed by atoms with E-state index in [1.807, 2.05) is 66.7 Å². The predicted octanol–water partition coefficient (Wildman–Crippen LogP) is 5.83. The van der Waals surface area contributed by atoms with Gasteiger partial charge in [-0.3, -0.25) is 9.59 Å². The molecular weight excluding hydrogens is 454 g/mol. The number of hydrogen-bond acceptors (Lipinski definition) is 4. The minimum atomic E-state index is -0.847. The molecule has 0 aliphatic carbocycles. The maximum absolute atomic E-state index is 14.3. The highest BCUT2D eigenvalue weighted by Gasteiger charge is 2.43. The van der Waals surface area contributed by atoms with Crippen molar-refractivity contribution in [3.63, 3.8) is 0 Å². The zero-order chi connectivity index (χ0) is 27.8. The molecule has 1 aromatic rings. The molecule has 7 heteroatoms. The fourth-order valence-electron chi connectivity index (χ4n) is 4.05. The standard InChI is InChI=1S/C29H49N3O4/c1-12-14-17-30-25(33)24(22-18-19(3)15-16-21(22)5)32(28(6,7)8)26(34)23(20(4)13-2)31-27(35)36-29(9,10)11/h15-16,18,20,23-24H,12-14,17H2,1-11H3,(H,30,33)(H,31,35). The molecule has 0 heterocycles. The summed E-state index contributed by atoms with van der Waals surface area (Å²) in [5.41, 5.74) is 1.32. The van der Waals surface area contributed by atoms with E-state index in [-0.39, 0.29) is 17.7 Å². The molecule has 0 fully saturated rings. The molecule has 0 aliphatic rings. The highest BCUT2D eigenvalue weighted by atomic mass is 16.6. The number of carbonyl (C=O) groups excluding carboxylic acids is 3. The third-order valence-corrected chi connectivity index (χ3v) is 6.18. The van der Waals surface area contributed by atoms with Crippen LogP contribution >= 0.6 is 0 Å². The van der Waals surface area contributed by atoms with Crippen LogP contribution in [0.25, 0.3) is 0 Å². The number of nitrogens with one attached hydrogen (secondary N) is 2. The van der Waals surface area contributed by atoms with Gasteiger partial charge in [-0.2, -0.15) is 0 Å². The maximum Gasteiger partial charge on any atom is 0.408 e. The Bertz CT molecular complexity index is 899. The first-order valence-electron chi connectivity index (χ1n) is 13.2. The minimum Gasteiger partial charge on any atom is -0.444 e. The largest absolute Gasteiger partial charge is 0.444 e. The van der Waals surface area contributed by atoms with Gasteiger partial charge in [-0.15, -0.1) is 0 Å². The van der Waals surface area contributed by atoms with Gasteiger partial charge in [0.2, 0.25) is 11.8 Å². The van der Waals surface area contributed by atoms with Crippen LogP contribution in [0.5, 0.6) is 0 Å².